The fraction of sp³-hybridized carbons (Fsp3) is 0.500. The van der Waals surface area contributed by atoms with Crippen LogP contribution < -0.4 is 5.73 Å². The van der Waals surface area contributed by atoms with E-state index in [1.165, 1.54) is 12.1 Å². The van der Waals surface area contributed by atoms with Gasteiger partial charge in [0.25, 0.3) is 0 Å². The summed E-state index contributed by atoms with van der Waals surface area (Å²) in [6.45, 7) is 1.18. The molecule has 108 valence electrons. The van der Waals surface area contributed by atoms with Gasteiger partial charge in [-0.2, -0.15) is 0 Å². The number of anilines is 1. The van der Waals surface area contributed by atoms with Gasteiger partial charge in [0.2, 0.25) is 0 Å². The van der Waals surface area contributed by atoms with Crippen molar-refractivity contribution in [3.63, 3.8) is 0 Å². The van der Waals surface area contributed by atoms with Crippen molar-refractivity contribution < 1.29 is 17.9 Å². The summed E-state index contributed by atoms with van der Waals surface area (Å²) in [4.78, 5) is 0.0560. The molecular formula is C12H18ClNO4S. The predicted molar refractivity (Wildman–Crippen MR) is 75.2 cm³/mol. The van der Waals surface area contributed by atoms with Crippen LogP contribution in [0.3, 0.4) is 0 Å². The number of benzene rings is 1. The van der Waals surface area contributed by atoms with Gasteiger partial charge in [0.15, 0.2) is 9.84 Å². The molecule has 1 aromatic carbocycles. The number of sulfone groups is 1. The highest BCUT2D eigenvalue weighted by Gasteiger charge is 2.17. The summed E-state index contributed by atoms with van der Waals surface area (Å²) >= 11 is 5.78. The number of nitrogen functional groups attached to an aromatic ring is 1. The molecule has 0 aliphatic carbocycles. The molecule has 19 heavy (non-hydrogen) atoms. The van der Waals surface area contributed by atoms with Gasteiger partial charge in [0.05, 0.1) is 22.9 Å². The molecule has 0 fully saturated rings. The fourth-order valence-corrected chi connectivity index (χ4v) is 2.99. The van der Waals surface area contributed by atoms with Gasteiger partial charge in [-0.05, 0) is 24.6 Å². The van der Waals surface area contributed by atoms with Gasteiger partial charge in [-0.15, -0.1) is 0 Å². The summed E-state index contributed by atoms with van der Waals surface area (Å²) in [5, 5.41) is 0.341. The zero-order valence-corrected chi connectivity index (χ0v) is 12.3. The molecule has 0 aliphatic rings. The SMILES string of the molecule is COCCCOCCS(=O)(=O)c1cc(Cl)ccc1N. The Morgan fingerprint density at radius 3 is 2.68 bits per heavy atom. The zero-order valence-electron chi connectivity index (χ0n) is 10.8. The highest BCUT2D eigenvalue weighted by atomic mass is 35.5. The molecule has 0 unspecified atom stereocenters. The molecule has 0 heterocycles. The van der Waals surface area contributed by atoms with E-state index >= 15 is 0 Å². The van der Waals surface area contributed by atoms with Crippen LogP contribution in [0.2, 0.25) is 5.02 Å². The number of hydrogen-bond acceptors (Lipinski definition) is 5. The number of ether oxygens (including phenoxy) is 2. The van der Waals surface area contributed by atoms with Crippen molar-refractivity contribution in [2.45, 2.75) is 11.3 Å². The van der Waals surface area contributed by atoms with Gasteiger partial charge < -0.3 is 15.2 Å². The van der Waals surface area contributed by atoms with Crippen LogP contribution in [0.15, 0.2) is 23.1 Å². The average molecular weight is 308 g/mol. The lowest BCUT2D eigenvalue weighted by molar-refractivity contribution is 0.112. The van der Waals surface area contributed by atoms with Crippen LogP contribution in [0.4, 0.5) is 5.69 Å². The minimum atomic E-state index is -3.47. The monoisotopic (exact) mass is 307 g/mol. The first-order valence-corrected chi connectivity index (χ1v) is 7.85. The van der Waals surface area contributed by atoms with E-state index < -0.39 is 9.84 Å². The zero-order chi connectivity index (χ0) is 14.3. The Kier molecular flexibility index (Phi) is 6.57. The lowest BCUT2D eigenvalue weighted by Crippen LogP contribution is -2.15. The maximum atomic E-state index is 12.1. The molecule has 0 saturated carbocycles. The van der Waals surface area contributed by atoms with E-state index in [0.29, 0.717) is 18.2 Å². The normalized spacial score (nSPS) is 11.7. The van der Waals surface area contributed by atoms with Gasteiger partial charge in [-0.25, -0.2) is 8.42 Å². The number of halogens is 1. The molecule has 0 radical (unpaired) electrons. The van der Waals surface area contributed by atoms with E-state index in [1.54, 1.807) is 13.2 Å². The van der Waals surface area contributed by atoms with Gasteiger partial charge in [0, 0.05) is 25.3 Å². The van der Waals surface area contributed by atoms with Crippen LogP contribution in [-0.2, 0) is 19.3 Å². The van der Waals surface area contributed by atoms with Crippen molar-refractivity contribution >= 4 is 27.1 Å². The molecule has 0 bridgehead atoms. The molecule has 1 aromatic rings. The highest BCUT2D eigenvalue weighted by molar-refractivity contribution is 7.91. The van der Waals surface area contributed by atoms with Crippen molar-refractivity contribution in [2.75, 3.05) is 38.4 Å². The number of rotatable bonds is 8. The molecule has 0 aromatic heterocycles. The summed E-state index contributed by atoms with van der Waals surface area (Å²) in [6.07, 6.45) is 0.732. The predicted octanol–water partition coefficient (Wildman–Crippen LogP) is 1.75. The van der Waals surface area contributed by atoms with E-state index in [1.807, 2.05) is 0 Å². The Hall–Kier alpha value is -0.820. The van der Waals surface area contributed by atoms with Gasteiger partial charge in [-0.1, -0.05) is 11.6 Å². The van der Waals surface area contributed by atoms with Gasteiger partial charge in [-0.3, -0.25) is 0 Å². The maximum Gasteiger partial charge on any atom is 0.182 e. The van der Waals surface area contributed by atoms with Crippen molar-refractivity contribution in [3.05, 3.63) is 23.2 Å². The summed E-state index contributed by atoms with van der Waals surface area (Å²) in [5.74, 6) is -0.121. The van der Waals surface area contributed by atoms with Crippen LogP contribution in [0.5, 0.6) is 0 Å². The number of hydrogen-bond donors (Lipinski definition) is 1. The quantitative estimate of drug-likeness (QED) is 0.585. The van der Waals surface area contributed by atoms with Crippen molar-refractivity contribution in [2.24, 2.45) is 0 Å². The van der Waals surface area contributed by atoms with E-state index in [0.717, 1.165) is 6.42 Å². The first-order chi connectivity index (χ1) is 8.97. The molecule has 0 amide bonds. The second-order valence-electron chi connectivity index (χ2n) is 3.96. The van der Waals surface area contributed by atoms with Crippen LogP contribution in [0.25, 0.3) is 0 Å². The largest absolute Gasteiger partial charge is 0.398 e. The standard InChI is InChI=1S/C12H18ClNO4S/c1-17-5-2-6-18-7-8-19(15,16)12-9-10(13)3-4-11(12)14/h3-4,9H,2,5-8,14H2,1H3. The Morgan fingerprint density at radius 1 is 1.26 bits per heavy atom. The van der Waals surface area contributed by atoms with Crippen molar-refractivity contribution in [1.82, 2.24) is 0 Å². The molecule has 2 N–H and O–H groups in total. The third kappa shape index (κ3) is 5.36. The van der Waals surface area contributed by atoms with Crippen molar-refractivity contribution in [1.29, 1.82) is 0 Å². The summed E-state index contributed by atoms with van der Waals surface area (Å²) < 4.78 is 34.2. The van der Waals surface area contributed by atoms with E-state index in [-0.39, 0.29) is 22.9 Å². The molecule has 1 rings (SSSR count). The van der Waals surface area contributed by atoms with E-state index in [4.69, 9.17) is 26.8 Å². The lowest BCUT2D eigenvalue weighted by atomic mass is 10.3. The molecule has 0 aliphatic heterocycles. The van der Waals surface area contributed by atoms with E-state index in [2.05, 4.69) is 0 Å². The Labute approximate surface area is 118 Å². The number of nitrogens with two attached hydrogens (primary N) is 1. The van der Waals surface area contributed by atoms with Crippen LogP contribution in [0, 0.1) is 0 Å². The molecule has 0 atom stereocenters. The van der Waals surface area contributed by atoms with Crippen LogP contribution >= 0.6 is 11.6 Å². The second kappa shape index (κ2) is 7.69. The molecule has 0 saturated heterocycles. The van der Waals surface area contributed by atoms with Crippen LogP contribution in [-0.4, -0.2) is 41.1 Å². The molecule has 7 heteroatoms. The first-order valence-electron chi connectivity index (χ1n) is 5.82. The van der Waals surface area contributed by atoms with Crippen LogP contribution in [0.1, 0.15) is 6.42 Å². The third-order valence-corrected chi connectivity index (χ3v) is 4.41. The van der Waals surface area contributed by atoms with Gasteiger partial charge >= 0.3 is 0 Å². The topological polar surface area (TPSA) is 78.6 Å². The fourth-order valence-electron chi connectivity index (χ4n) is 1.46. The first kappa shape index (κ1) is 16.2. The summed E-state index contributed by atoms with van der Waals surface area (Å²) in [6, 6.07) is 4.39. The molecule has 5 nitrogen and oxygen atoms in total. The third-order valence-electron chi connectivity index (χ3n) is 2.44. The Balaban J connectivity index is 2.54. The smallest absolute Gasteiger partial charge is 0.182 e. The Morgan fingerprint density at radius 2 is 2.00 bits per heavy atom. The van der Waals surface area contributed by atoms with Gasteiger partial charge in [0.1, 0.15) is 0 Å². The minimum absolute atomic E-state index is 0.0560. The van der Waals surface area contributed by atoms with E-state index in [9.17, 15) is 8.42 Å². The minimum Gasteiger partial charge on any atom is -0.398 e. The average Bonchev–Trinajstić information content (AvgIpc) is 2.36. The molecular weight excluding hydrogens is 290 g/mol. The second-order valence-corrected chi connectivity index (χ2v) is 6.47. The number of methoxy groups -OCH3 is 1. The molecule has 0 spiro atoms. The maximum absolute atomic E-state index is 12.1. The Bertz CT molecular complexity index is 504. The summed E-state index contributed by atoms with van der Waals surface area (Å²) in [7, 11) is -1.87. The highest BCUT2D eigenvalue weighted by Crippen LogP contribution is 2.23. The lowest BCUT2D eigenvalue weighted by Gasteiger charge is -2.08. The summed E-state index contributed by atoms with van der Waals surface area (Å²) in [5.41, 5.74) is 5.85. The van der Waals surface area contributed by atoms with Crippen molar-refractivity contribution in [3.8, 4) is 0 Å².